The first kappa shape index (κ1) is 16.7. The molecular formula is C11H19FN4O3S. The average Bonchev–Trinajstić information content (AvgIpc) is 2.37. The van der Waals surface area contributed by atoms with E-state index < -0.39 is 21.1 Å². The maximum Gasteiger partial charge on any atom is 0.224 e. The Hall–Kier alpha value is -1.32. The summed E-state index contributed by atoms with van der Waals surface area (Å²) in [6.45, 7) is 5.11. The van der Waals surface area contributed by atoms with E-state index in [2.05, 4.69) is 16.7 Å². The number of ether oxygens (including phenoxy) is 1. The van der Waals surface area contributed by atoms with Crippen molar-refractivity contribution in [1.82, 2.24) is 4.90 Å². The molecule has 0 amide bonds. The molecule has 1 heterocycles. The van der Waals surface area contributed by atoms with Crippen LogP contribution in [-0.4, -0.2) is 57.5 Å². The SMILES string of the molecule is C=N/C(=N\C=C(/C)F)N1CC(S(N)(=O)=O)C[C@@H](OC)C1. The summed E-state index contributed by atoms with van der Waals surface area (Å²) >= 11 is 0. The van der Waals surface area contributed by atoms with Crippen molar-refractivity contribution in [2.45, 2.75) is 24.7 Å². The van der Waals surface area contributed by atoms with Crippen LogP contribution in [0.3, 0.4) is 0 Å². The van der Waals surface area contributed by atoms with Crippen LogP contribution >= 0.6 is 0 Å². The summed E-state index contributed by atoms with van der Waals surface area (Å²) in [5, 5.41) is 4.40. The topological polar surface area (TPSA) is 97.4 Å². The van der Waals surface area contributed by atoms with E-state index in [1.54, 1.807) is 4.90 Å². The van der Waals surface area contributed by atoms with Crippen LogP contribution in [0.1, 0.15) is 13.3 Å². The van der Waals surface area contributed by atoms with Gasteiger partial charge in [-0.15, -0.1) is 0 Å². The number of allylic oxidation sites excluding steroid dienone is 1. The van der Waals surface area contributed by atoms with Crippen LogP contribution in [0.25, 0.3) is 0 Å². The molecule has 1 saturated heterocycles. The molecular weight excluding hydrogens is 287 g/mol. The molecule has 2 atom stereocenters. The molecule has 114 valence electrons. The summed E-state index contributed by atoms with van der Waals surface area (Å²) in [7, 11) is -2.22. The zero-order chi connectivity index (χ0) is 15.3. The number of sulfonamides is 1. The van der Waals surface area contributed by atoms with E-state index in [0.29, 0.717) is 13.0 Å². The maximum atomic E-state index is 12.7. The van der Waals surface area contributed by atoms with Crippen LogP contribution in [0.4, 0.5) is 4.39 Å². The minimum atomic E-state index is -3.70. The number of rotatable bonds is 3. The number of hydrogen-bond donors (Lipinski definition) is 1. The molecule has 0 bridgehead atoms. The molecule has 1 unspecified atom stereocenters. The second-order valence-electron chi connectivity index (χ2n) is 4.51. The normalized spacial score (nSPS) is 25.7. The number of methoxy groups -OCH3 is 1. The molecule has 7 nitrogen and oxygen atoms in total. The average molecular weight is 306 g/mol. The van der Waals surface area contributed by atoms with E-state index in [1.165, 1.54) is 14.0 Å². The molecule has 0 aromatic carbocycles. The van der Waals surface area contributed by atoms with Gasteiger partial charge in [0.25, 0.3) is 0 Å². The van der Waals surface area contributed by atoms with Crippen molar-refractivity contribution < 1.29 is 17.5 Å². The standard InChI is InChI=1S/C11H19FN4O3S/c1-8(12)5-15-11(14-2)16-6-9(19-3)4-10(7-16)20(13,17)18/h5,9-10H,2,4,6-7H2,1,3H3,(H2,13,17,18)/b8-5+,15-11+/t9-,10?/m1/s1. The molecule has 0 saturated carbocycles. The number of nitrogens with zero attached hydrogens (tertiary/aromatic N) is 3. The second-order valence-corrected chi connectivity index (χ2v) is 6.36. The number of aliphatic imine (C=N–C) groups is 2. The van der Waals surface area contributed by atoms with E-state index in [9.17, 15) is 12.8 Å². The van der Waals surface area contributed by atoms with Crippen LogP contribution in [0.5, 0.6) is 0 Å². The maximum absolute atomic E-state index is 12.7. The Morgan fingerprint density at radius 2 is 2.20 bits per heavy atom. The Morgan fingerprint density at radius 3 is 2.65 bits per heavy atom. The van der Waals surface area contributed by atoms with Crippen LogP contribution < -0.4 is 5.14 Å². The summed E-state index contributed by atoms with van der Waals surface area (Å²) in [5.41, 5.74) is 0. The molecule has 0 aliphatic carbocycles. The lowest BCUT2D eigenvalue weighted by molar-refractivity contribution is 0.0546. The summed E-state index contributed by atoms with van der Waals surface area (Å²) in [4.78, 5) is 9.10. The Balaban J connectivity index is 3.00. The van der Waals surface area contributed by atoms with Gasteiger partial charge in [0.15, 0.2) is 0 Å². The van der Waals surface area contributed by atoms with Gasteiger partial charge in [-0.05, 0) is 20.1 Å². The van der Waals surface area contributed by atoms with Crippen molar-refractivity contribution >= 4 is 22.7 Å². The van der Waals surface area contributed by atoms with Gasteiger partial charge in [-0.3, -0.25) is 0 Å². The molecule has 1 rings (SSSR count). The third-order valence-electron chi connectivity index (χ3n) is 2.95. The molecule has 2 N–H and O–H groups in total. The third kappa shape index (κ3) is 4.66. The van der Waals surface area contributed by atoms with Gasteiger partial charge in [0.05, 0.1) is 17.6 Å². The van der Waals surface area contributed by atoms with Crippen molar-refractivity contribution in [1.29, 1.82) is 0 Å². The predicted octanol–water partition coefficient (Wildman–Crippen LogP) is 0.252. The smallest absolute Gasteiger partial charge is 0.224 e. The van der Waals surface area contributed by atoms with Crippen molar-refractivity contribution in [2.75, 3.05) is 20.2 Å². The predicted molar refractivity (Wildman–Crippen MR) is 75.7 cm³/mol. The summed E-state index contributed by atoms with van der Waals surface area (Å²) in [6, 6.07) is 0. The van der Waals surface area contributed by atoms with Gasteiger partial charge in [0.2, 0.25) is 16.0 Å². The van der Waals surface area contributed by atoms with Gasteiger partial charge in [-0.2, -0.15) is 0 Å². The molecule has 0 aromatic rings. The molecule has 1 aliphatic rings. The minimum Gasteiger partial charge on any atom is -0.380 e. The number of likely N-dealkylation sites (tertiary alicyclic amines) is 1. The highest BCUT2D eigenvalue weighted by Crippen LogP contribution is 2.18. The van der Waals surface area contributed by atoms with Gasteiger partial charge in [0.1, 0.15) is 5.83 Å². The minimum absolute atomic E-state index is 0.121. The molecule has 0 spiro atoms. The fourth-order valence-electron chi connectivity index (χ4n) is 1.95. The van der Waals surface area contributed by atoms with Crippen molar-refractivity contribution in [2.24, 2.45) is 15.1 Å². The van der Waals surface area contributed by atoms with E-state index >= 15 is 0 Å². The van der Waals surface area contributed by atoms with Crippen molar-refractivity contribution in [3.05, 3.63) is 12.0 Å². The highest BCUT2D eigenvalue weighted by molar-refractivity contribution is 7.89. The van der Waals surface area contributed by atoms with E-state index in [-0.39, 0.29) is 18.6 Å². The first-order valence-corrected chi connectivity index (χ1v) is 7.55. The largest absolute Gasteiger partial charge is 0.380 e. The van der Waals surface area contributed by atoms with Crippen molar-refractivity contribution in [3.8, 4) is 0 Å². The molecule has 0 radical (unpaired) electrons. The first-order chi connectivity index (χ1) is 9.27. The lowest BCUT2D eigenvalue weighted by Gasteiger charge is -2.36. The number of halogens is 1. The van der Waals surface area contributed by atoms with Crippen molar-refractivity contribution in [3.63, 3.8) is 0 Å². The molecule has 1 fully saturated rings. The summed E-state index contributed by atoms with van der Waals surface area (Å²) in [5.74, 6) is -0.355. The van der Waals surface area contributed by atoms with Gasteiger partial charge in [-0.25, -0.2) is 27.9 Å². The summed E-state index contributed by atoms with van der Waals surface area (Å²) < 4.78 is 40.9. The van der Waals surface area contributed by atoms with E-state index in [4.69, 9.17) is 9.88 Å². The number of piperidine rings is 1. The molecule has 9 heteroatoms. The number of guanidine groups is 1. The lowest BCUT2D eigenvalue weighted by Crippen LogP contribution is -2.52. The molecule has 1 aliphatic heterocycles. The van der Waals surface area contributed by atoms with Crippen LogP contribution in [-0.2, 0) is 14.8 Å². The number of primary sulfonamides is 1. The highest BCUT2D eigenvalue weighted by atomic mass is 32.2. The van der Waals surface area contributed by atoms with E-state index in [0.717, 1.165) is 6.20 Å². The van der Waals surface area contributed by atoms with Gasteiger partial charge in [0, 0.05) is 20.2 Å². The molecule has 0 aromatic heterocycles. The van der Waals surface area contributed by atoms with Gasteiger partial charge >= 0.3 is 0 Å². The monoisotopic (exact) mass is 306 g/mol. The third-order valence-corrected chi connectivity index (χ3v) is 4.22. The van der Waals surface area contributed by atoms with E-state index in [1.807, 2.05) is 0 Å². The summed E-state index contributed by atoms with van der Waals surface area (Å²) in [6.07, 6.45) is 0.968. The van der Waals surface area contributed by atoms with Crippen LogP contribution in [0.2, 0.25) is 0 Å². The zero-order valence-corrected chi connectivity index (χ0v) is 12.3. The fourth-order valence-corrected chi connectivity index (χ4v) is 2.82. The lowest BCUT2D eigenvalue weighted by atomic mass is 10.1. The highest BCUT2D eigenvalue weighted by Gasteiger charge is 2.34. The van der Waals surface area contributed by atoms with Gasteiger partial charge < -0.3 is 9.64 Å². The second kappa shape index (κ2) is 6.91. The van der Waals surface area contributed by atoms with Crippen LogP contribution in [0, 0.1) is 0 Å². The Kier molecular flexibility index (Phi) is 5.78. The Labute approximate surface area is 118 Å². The van der Waals surface area contributed by atoms with Gasteiger partial charge in [-0.1, -0.05) is 0 Å². The van der Waals surface area contributed by atoms with Crippen LogP contribution in [0.15, 0.2) is 22.0 Å². The zero-order valence-electron chi connectivity index (χ0n) is 11.5. The first-order valence-electron chi connectivity index (χ1n) is 5.94. The fraction of sp³-hybridized carbons (Fsp3) is 0.636. The Bertz CT molecular complexity index is 514. The molecule has 20 heavy (non-hydrogen) atoms. The quantitative estimate of drug-likeness (QED) is 0.597. The number of hydrogen-bond acceptors (Lipinski definition) is 4. The number of nitrogens with two attached hydrogens (primary N) is 1. The Morgan fingerprint density at radius 1 is 1.55 bits per heavy atom.